The summed E-state index contributed by atoms with van der Waals surface area (Å²) in [6.07, 6.45) is 5.89. The first kappa shape index (κ1) is 19.7. The molecule has 0 bridgehead atoms. The van der Waals surface area contributed by atoms with Gasteiger partial charge in [-0.2, -0.15) is 10.2 Å². The molecule has 0 amide bonds. The second-order valence-corrected chi connectivity index (χ2v) is 7.09. The zero-order valence-electron chi connectivity index (χ0n) is 16.9. The van der Waals surface area contributed by atoms with Crippen molar-refractivity contribution in [2.45, 2.75) is 26.8 Å². The van der Waals surface area contributed by atoms with Crippen molar-refractivity contribution < 1.29 is 9.13 Å². The quantitative estimate of drug-likeness (QED) is 0.487. The van der Waals surface area contributed by atoms with E-state index in [9.17, 15) is 4.39 Å². The highest BCUT2D eigenvalue weighted by molar-refractivity contribution is 5.91. The third-order valence-electron chi connectivity index (χ3n) is 5.24. The maximum atomic E-state index is 14.5. The lowest BCUT2D eigenvalue weighted by Crippen LogP contribution is -2.09. The molecular weight excluding hydrogens is 381 g/mol. The summed E-state index contributed by atoms with van der Waals surface area (Å²) in [6, 6.07) is 7.08. The molecule has 30 heavy (non-hydrogen) atoms. The molecule has 1 aliphatic heterocycles. The minimum atomic E-state index is -0.254. The predicted molar refractivity (Wildman–Crippen MR) is 117 cm³/mol. The lowest BCUT2D eigenvalue weighted by Gasteiger charge is -2.16. The van der Waals surface area contributed by atoms with Gasteiger partial charge in [-0.1, -0.05) is 0 Å². The van der Waals surface area contributed by atoms with Gasteiger partial charge in [-0.25, -0.2) is 9.37 Å². The minimum Gasteiger partial charge on any atom is -0.493 e. The second-order valence-electron chi connectivity index (χ2n) is 7.09. The van der Waals surface area contributed by atoms with E-state index < -0.39 is 0 Å². The van der Waals surface area contributed by atoms with E-state index in [1.807, 2.05) is 26.0 Å². The molecule has 7 heteroatoms. The van der Waals surface area contributed by atoms with Gasteiger partial charge in [0.25, 0.3) is 0 Å². The number of hydrogen-bond acceptors (Lipinski definition) is 6. The highest BCUT2D eigenvalue weighted by Gasteiger charge is 2.20. The van der Waals surface area contributed by atoms with E-state index in [0.717, 1.165) is 39.3 Å². The summed E-state index contributed by atoms with van der Waals surface area (Å²) in [5, 5.41) is 10.8. The number of halogens is 1. The summed E-state index contributed by atoms with van der Waals surface area (Å²) in [6.45, 7) is 8.22. The molecule has 0 saturated heterocycles. The van der Waals surface area contributed by atoms with Crippen molar-refractivity contribution in [1.82, 2.24) is 9.97 Å². The number of aromatic nitrogens is 2. The van der Waals surface area contributed by atoms with Crippen LogP contribution in [0.15, 0.2) is 46.9 Å². The lowest BCUT2D eigenvalue weighted by atomic mass is 9.99. The van der Waals surface area contributed by atoms with E-state index in [2.05, 4.69) is 32.2 Å². The van der Waals surface area contributed by atoms with Gasteiger partial charge in [0.15, 0.2) is 0 Å². The molecule has 0 radical (unpaired) electrons. The van der Waals surface area contributed by atoms with E-state index >= 15 is 0 Å². The number of rotatable bonds is 6. The summed E-state index contributed by atoms with van der Waals surface area (Å²) in [7, 11) is 0. The van der Waals surface area contributed by atoms with Gasteiger partial charge in [-0.3, -0.25) is 4.98 Å². The first-order valence-corrected chi connectivity index (χ1v) is 9.67. The molecule has 0 spiro atoms. The third kappa shape index (κ3) is 3.78. The molecule has 1 N–H and O–H groups in total. The summed E-state index contributed by atoms with van der Waals surface area (Å²) in [5.41, 5.74) is 6.18. The number of nitrogens with zero attached hydrogens (tertiary/aromatic N) is 4. The molecule has 152 valence electrons. The highest BCUT2D eigenvalue weighted by atomic mass is 19.1. The normalized spacial score (nSPS) is 12.6. The van der Waals surface area contributed by atoms with Gasteiger partial charge >= 0.3 is 0 Å². The molecule has 3 heterocycles. The summed E-state index contributed by atoms with van der Waals surface area (Å²) in [4.78, 5) is 8.85. The largest absolute Gasteiger partial charge is 0.493 e. The van der Waals surface area contributed by atoms with Crippen molar-refractivity contribution >= 4 is 18.7 Å². The smallest absolute Gasteiger partial charge is 0.135 e. The first-order chi connectivity index (χ1) is 14.6. The Morgan fingerprint density at radius 2 is 2.13 bits per heavy atom. The molecule has 1 aliphatic rings. The summed E-state index contributed by atoms with van der Waals surface area (Å²) >= 11 is 0. The van der Waals surface area contributed by atoms with E-state index in [4.69, 9.17) is 4.74 Å². The van der Waals surface area contributed by atoms with Crippen LogP contribution in [-0.4, -0.2) is 29.5 Å². The fourth-order valence-electron chi connectivity index (χ4n) is 3.70. The summed E-state index contributed by atoms with van der Waals surface area (Å²) < 4.78 is 20.0. The van der Waals surface area contributed by atoms with Gasteiger partial charge in [0.1, 0.15) is 17.4 Å². The Labute approximate surface area is 174 Å². The number of benzene rings is 1. The van der Waals surface area contributed by atoms with Crippen LogP contribution in [0.3, 0.4) is 0 Å². The van der Waals surface area contributed by atoms with Gasteiger partial charge in [0.05, 0.1) is 12.8 Å². The molecular formula is C23H22FN5O. The SMILES string of the molecule is C=N/N=C\c1c(NCc2c(F)ccc3c2CCO3)ncc(-c2ccnc(C)c2)c1C. The van der Waals surface area contributed by atoms with Gasteiger partial charge in [-0.05, 0) is 49.2 Å². The number of anilines is 1. The number of aryl methyl sites for hydroxylation is 1. The van der Waals surface area contributed by atoms with E-state index in [0.29, 0.717) is 31.0 Å². The van der Waals surface area contributed by atoms with Crippen LogP contribution >= 0.6 is 0 Å². The molecule has 0 fully saturated rings. The van der Waals surface area contributed by atoms with Crippen LogP contribution in [0, 0.1) is 19.7 Å². The summed E-state index contributed by atoms with van der Waals surface area (Å²) in [5.74, 6) is 1.10. The monoisotopic (exact) mass is 403 g/mol. The number of nitrogens with one attached hydrogen (secondary N) is 1. The molecule has 0 atom stereocenters. The van der Waals surface area contributed by atoms with Crippen LogP contribution in [0.5, 0.6) is 5.75 Å². The first-order valence-electron chi connectivity index (χ1n) is 9.67. The van der Waals surface area contributed by atoms with Crippen LogP contribution < -0.4 is 10.1 Å². The average Bonchev–Trinajstić information content (AvgIpc) is 3.21. The zero-order valence-corrected chi connectivity index (χ0v) is 16.9. The molecule has 1 aromatic carbocycles. The van der Waals surface area contributed by atoms with Gasteiger partial charge in [0, 0.05) is 60.0 Å². The second kappa shape index (κ2) is 8.41. The average molecular weight is 403 g/mol. The number of fused-ring (bicyclic) bond motifs is 1. The predicted octanol–water partition coefficient (Wildman–Crippen LogP) is 4.48. The Kier molecular flexibility index (Phi) is 5.52. The van der Waals surface area contributed by atoms with E-state index in [1.165, 1.54) is 6.07 Å². The van der Waals surface area contributed by atoms with Crippen molar-refractivity contribution in [2.24, 2.45) is 10.2 Å². The maximum absolute atomic E-state index is 14.5. The standard InChI is InChI=1S/C23H22FN5O/c1-14-10-16(6-8-26-14)18-11-27-23(19(15(18)2)13-29-25-3)28-12-20-17-7-9-30-22(17)5-4-21(20)24/h4-6,8,10-11,13H,3,7,9,12H2,1-2H3,(H,27,28)/b29-13-. The van der Waals surface area contributed by atoms with Gasteiger partial charge in [-0.15, -0.1) is 0 Å². The Morgan fingerprint density at radius 1 is 1.27 bits per heavy atom. The Bertz CT molecular complexity index is 1140. The van der Waals surface area contributed by atoms with Crippen LogP contribution in [-0.2, 0) is 13.0 Å². The maximum Gasteiger partial charge on any atom is 0.135 e. The molecule has 2 aromatic heterocycles. The van der Waals surface area contributed by atoms with Crippen molar-refractivity contribution in [3.05, 3.63) is 70.4 Å². The number of ether oxygens (including phenoxy) is 1. The van der Waals surface area contributed by atoms with Gasteiger partial charge < -0.3 is 10.1 Å². The molecule has 0 aliphatic carbocycles. The van der Waals surface area contributed by atoms with E-state index in [-0.39, 0.29) is 5.82 Å². The van der Waals surface area contributed by atoms with Crippen LogP contribution in [0.2, 0.25) is 0 Å². The molecule has 0 saturated carbocycles. The Hall–Kier alpha value is -3.61. The minimum absolute atomic E-state index is 0.254. The molecule has 6 nitrogen and oxygen atoms in total. The van der Waals surface area contributed by atoms with Gasteiger partial charge in [0.2, 0.25) is 0 Å². The Morgan fingerprint density at radius 3 is 2.93 bits per heavy atom. The highest BCUT2D eigenvalue weighted by Crippen LogP contribution is 2.32. The number of pyridine rings is 2. The fourth-order valence-corrected chi connectivity index (χ4v) is 3.70. The molecule has 0 unspecified atom stereocenters. The van der Waals surface area contributed by atoms with Crippen molar-refractivity contribution in [3.8, 4) is 16.9 Å². The van der Waals surface area contributed by atoms with Crippen LogP contribution in [0.25, 0.3) is 11.1 Å². The topological polar surface area (TPSA) is 71.8 Å². The van der Waals surface area contributed by atoms with Crippen molar-refractivity contribution in [1.29, 1.82) is 0 Å². The van der Waals surface area contributed by atoms with Crippen LogP contribution in [0.1, 0.15) is 27.9 Å². The van der Waals surface area contributed by atoms with E-state index in [1.54, 1.807) is 24.7 Å². The van der Waals surface area contributed by atoms with Crippen molar-refractivity contribution in [3.63, 3.8) is 0 Å². The zero-order chi connectivity index (χ0) is 21.1. The Balaban J connectivity index is 1.70. The van der Waals surface area contributed by atoms with Crippen molar-refractivity contribution in [2.75, 3.05) is 11.9 Å². The third-order valence-corrected chi connectivity index (χ3v) is 5.24. The van der Waals surface area contributed by atoms with Crippen LogP contribution in [0.4, 0.5) is 10.2 Å². The lowest BCUT2D eigenvalue weighted by molar-refractivity contribution is 0.356. The number of hydrogen-bond donors (Lipinski definition) is 1. The molecule has 3 aromatic rings. The molecule has 4 rings (SSSR count). The fraction of sp³-hybridized carbons (Fsp3) is 0.217.